The lowest BCUT2D eigenvalue weighted by atomic mass is 10.1. The van der Waals surface area contributed by atoms with Gasteiger partial charge in [-0.3, -0.25) is 4.79 Å². The fourth-order valence-electron chi connectivity index (χ4n) is 1.37. The number of carbonyl (C=O) groups excluding carboxylic acids is 1. The Morgan fingerprint density at radius 2 is 1.72 bits per heavy atom. The number of Topliss-reactive ketones (excluding diaryl/α,β-unsaturated/α-hetero) is 1. The first-order valence-corrected chi connectivity index (χ1v) is 7.10. The zero-order valence-corrected chi connectivity index (χ0v) is 12.4. The van der Waals surface area contributed by atoms with Crippen molar-refractivity contribution in [2.24, 2.45) is 11.8 Å². The van der Waals surface area contributed by atoms with Crippen molar-refractivity contribution in [2.75, 3.05) is 13.2 Å². The molecule has 0 aromatic rings. The SMILES string of the molecule is CC(C)CC#CCCCOCCCC(=O)C(C)C. The van der Waals surface area contributed by atoms with E-state index in [0.717, 1.165) is 32.3 Å². The Bertz CT molecular complexity index is 269. The molecule has 0 bridgehead atoms. The van der Waals surface area contributed by atoms with Gasteiger partial charge < -0.3 is 4.74 Å². The third-order valence-electron chi connectivity index (χ3n) is 2.58. The second-order valence-electron chi connectivity index (χ2n) is 5.39. The Kier molecular flexibility index (Phi) is 10.8. The van der Waals surface area contributed by atoms with Crippen LogP contribution >= 0.6 is 0 Å². The average molecular weight is 252 g/mol. The van der Waals surface area contributed by atoms with Crippen LogP contribution in [0.2, 0.25) is 0 Å². The number of unbranched alkanes of at least 4 members (excludes halogenated alkanes) is 1. The monoisotopic (exact) mass is 252 g/mol. The van der Waals surface area contributed by atoms with Gasteiger partial charge in [0.25, 0.3) is 0 Å². The molecule has 0 saturated carbocycles. The molecule has 0 aromatic carbocycles. The van der Waals surface area contributed by atoms with Gasteiger partial charge in [-0.05, 0) is 18.8 Å². The lowest BCUT2D eigenvalue weighted by molar-refractivity contribution is -0.122. The minimum absolute atomic E-state index is 0.154. The van der Waals surface area contributed by atoms with E-state index in [1.165, 1.54) is 0 Å². The maximum Gasteiger partial charge on any atom is 0.135 e. The van der Waals surface area contributed by atoms with Crippen LogP contribution in [-0.4, -0.2) is 19.0 Å². The molecule has 2 nitrogen and oxygen atoms in total. The summed E-state index contributed by atoms with van der Waals surface area (Å²) >= 11 is 0. The Hall–Kier alpha value is -0.810. The highest BCUT2D eigenvalue weighted by atomic mass is 16.5. The second kappa shape index (κ2) is 11.3. The average Bonchev–Trinajstić information content (AvgIpc) is 2.30. The molecule has 2 heteroatoms. The Balaban J connectivity index is 3.25. The first kappa shape index (κ1) is 17.2. The molecular formula is C16H28O2. The summed E-state index contributed by atoms with van der Waals surface area (Å²) in [5.41, 5.74) is 0. The van der Waals surface area contributed by atoms with Gasteiger partial charge in [-0.15, -0.1) is 11.8 Å². The van der Waals surface area contributed by atoms with Crippen molar-refractivity contribution < 1.29 is 9.53 Å². The highest BCUT2D eigenvalue weighted by Gasteiger charge is 2.05. The van der Waals surface area contributed by atoms with Crippen LogP contribution in [-0.2, 0) is 9.53 Å². The number of ether oxygens (including phenoxy) is 1. The van der Waals surface area contributed by atoms with E-state index in [2.05, 4.69) is 25.7 Å². The highest BCUT2D eigenvalue weighted by Crippen LogP contribution is 2.02. The lowest BCUT2D eigenvalue weighted by Gasteiger charge is -2.04. The van der Waals surface area contributed by atoms with Crippen LogP contribution in [0.5, 0.6) is 0 Å². The van der Waals surface area contributed by atoms with Gasteiger partial charge in [-0.2, -0.15) is 0 Å². The van der Waals surface area contributed by atoms with E-state index in [4.69, 9.17) is 4.74 Å². The van der Waals surface area contributed by atoms with Gasteiger partial charge in [0, 0.05) is 38.4 Å². The summed E-state index contributed by atoms with van der Waals surface area (Å²) in [5.74, 6) is 7.47. The zero-order chi connectivity index (χ0) is 13.8. The molecule has 104 valence electrons. The van der Waals surface area contributed by atoms with Crippen molar-refractivity contribution in [1.82, 2.24) is 0 Å². The summed E-state index contributed by atoms with van der Waals surface area (Å²) in [7, 11) is 0. The van der Waals surface area contributed by atoms with Crippen molar-refractivity contribution >= 4 is 5.78 Å². The van der Waals surface area contributed by atoms with E-state index in [-0.39, 0.29) is 5.92 Å². The van der Waals surface area contributed by atoms with Gasteiger partial charge in [0.05, 0.1) is 0 Å². The molecule has 0 heterocycles. The van der Waals surface area contributed by atoms with Crippen molar-refractivity contribution in [1.29, 1.82) is 0 Å². The molecule has 0 aliphatic rings. The smallest absolute Gasteiger partial charge is 0.135 e. The normalized spacial score (nSPS) is 10.6. The van der Waals surface area contributed by atoms with Crippen molar-refractivity contribution in [3.05, 3.63) is 0 Å². The van der Waals surface area contributed by atoms with Gasteiger partial charge in [-0.1, -0.05) is 27.7 Å². The third kappa shape index (κ3) is 11.7. The topological polar surface area (TPSA) is 26.3 Å². The van der Waals surface area contributed by atoms with Gasteiger partial charge in [-0.25, -0.2) is 0 Å². The molecule has 0 saturated heterocycles. The molecular weight excluding hydrogens is 224 g/mol. The molecule has 0 aromatic heterocycles. The van der Waals surface area contributed by atoms with Crippen molar-refractivity contribution in [3.8, 4) is 11.8 Å². The van der Waals surface area contributed by atoms with Crippen molar-refractivity contribution in [3.63, 3.8) is 0 Å². The van der Waals surface area contributed by atoms with Gasteiger partial charge in [0.15, 0.2) is 0 Å². The summed E-state index contributed by atoms with van der Waals surface area (Å²) in [6.45, 7) is 9.69. The predicted octanol–water partition coefficient (Wildman–Crippen LogP) is 3.84. The first-order chi connectivity index (χ1) is 8.54. The van der Waals surface area contributed by atoms with Crippen LogP contribution in [0.1, 0.15) is 59.8 Å². The Labute approximate surface area is 112 Å². The molecule has 0 radical (unpaired) electrons. The molecule has 0 aliphatic heterocycles. The number of carbonyl (C=O) groups is 1. The molecule has 0 atom stereocenters. The van der Waals surface area contributed by atoms with Gasteiger partial charge in [0.2, 0.25) is 0 Å². The largest absolute Gasteiger partial charge is 0.381 e. The van der Waals surface area contributed by atoms with Crippen molar-refractivity contribution in [2.45, 2.75) is 59.8 Å². The van der Waals surface area contributed by atoms with Crippen LogP contribution in [0, 0.1) is 23.7 Å². The van der Waals surface area contributed by atoms with Crippen LogP contribution in [0.15, 0.2) is 0 Å². The summed E-state index contributed by atoms with van der Waals surface area (Å²) in [6.07, 6.45) is 4.38. The highest BCUT2D eigenvalue weighted by molar-refractivity contribution is 5.80. The van der Waals surface area contributed by atoms with E-state index in [1.54, 1.807) is 0 Å². The third-order valence-corrected chi connectivity index (χ3v) is 2.58. The fraction of sp³-hybridized carbons (Fsp3) is 0.812. The van der Waals surface area contributed by atoms with Crippen LogP contribution < -0.4 is 0 Å². The van der Waals surface area contributed by atoms with E-state index in [9.17, 15) is 4.79 Å². The first-order valence-electron chi connectivity index (χ1n) is 7.10. The molecule has 0 spiro atoms. The predicted molar refractivity (Wildman–Crippen MR) is 76.4 cm³/mol. The zero-order valence-electron chi connectivity index (χ0n) is 12.4. The number of hydrogen-bond acceptors (Lipinski definition) is 2. The second-order valence-corrected chi connectivity index (χ2v) is 5.39. The van der Waals surface area contributed by atoms with E-state index in [1.807, 2.05) is 13.8 Å². The molecule has 0 aliphatic carbocycles. The minimum atomic E-state index is 0.154. The summed E-state index contributed by atoms with van der Waals surface area (Å²) in [5, 5.41) is 0. The van der Waals surface area contributed by atoms with Gasteiger partial charge >= 0.3 is 0 Å². The van der Waals surface area contributed by atoms with Crippen LogP contribution in [0.3, 0.4) is 0 Å². The molecule has 0 N–H and O–H groups in total. The van der Waals surface area contributed by atoms with Gasteiger partial charge in [0.1, 0.15) is 5.78 Å². The summed E-state index contributed by atoms with van der Waals surface area (Å²) in [6, 6.07) is 0. The summed E-state index contributed by atoms with van der Waals surface area (Å²) in [4.78, 5) is 11.3. The fourth-order valence-corrected chi connectivity index (χ4v) is 1.37. The van der Waals surface area contributed by atoms with E-state index >= 15 is 0 Å². The molecule has 0 rings (SSSR count). The quantitative estimate of drug-likeness (QED) is 0.460. The number of hydrogen-bond donors (Lipinski definition) is 0. The molecule has 0 amide bonds. The summed E-state index contributed by atoms with van der Waals surface area (Å²) < 4.78 is 5.47. The maximum absolute atomic E-state index is 11.3. The van der Waals surface area contributed by atoms with Crippen LogP contribution in [0.25, 0.3) is 0 Å². The van der Waals surface area contributed by atoms with E-state index < -0.39 is 0 Å². The molecule has 18 heavy (non-hydrogen) atoms. The van der Waals surface area contributed by atoms with Crippen LogP contribution in [0.4, 0.5) is 0 Å². The van der Waals surface area contributed by atoms with E-state index in [0.29, 0.717) is 24.7 Å². The maximum atomic E-state index is 11.3. The Morgan fingerprint density at radius 3 is 2.33 bits per heavy atom. The number of ketones is 1. The minimum Gasteiger partial charge on any atom is -0.381 e. The standard InChI is InChI=1S/C16H28O2/c1-14(2)10-7-5-6-8-12-18-13-9-11-16(17)15(3)4/h14-15H,6,8-13H2,1-4H3. The number of rotatable bonds is 9. The molecule has 0 unspecified atom stereocenters. The Morgan fingerprint density at radius 1 is 1.06 bits per heavy atom. The lowest BCUT2D eigenvalue weighted by Crippen LogP contribution is -2.08. The molecule has 0 fully saturated rings.